The van der Waals surface area contributed by atoms with Gasteiger partial charge in [-0.25, -0.2) is 14.6 Å². The van der Waals surface area contributed by atoms with Crippen LogP contribution in [0, 0.1) is 0 Å². The molecule has 0 radical (unpaired) electrons. The molecule has 0 unspecified atom stereocenters. The van der Waals surface area contributed by atoms with Crippen molar-refractivity contribution in [2.75, 3.05) is 52.3 Å². The van der Waals surface area contributed by atoms with Crippen LogP contribution < -0.4 is 10.2 Å². The maximum atomic E-state index is 5.60. The number of aromatic nitrogens is 4. The molecule has 2 aliphatic rings. The van der Waals surface area contributed by atoms with Crippen LogP contribution in [-0.2, 0) is 11.3 Å². The highest BCUT2D eigenvalue weighted by Gasteiger charge is 2.29. The largest absolute Gasteiger partial charge is 0.381 e. The van der Waals surface area contributed by atoms with Crippen LogP contribution in [0.15, 0.2) is 30.5 Å². The van der Waals surface area contributed by atoms with E-state index in [0.717, 1.165) is 73.9 Å². The van der Waals surface area contributed by atoms with Crippen LogP contribution in [0.4, 0.5) is 5.82 Å². The molecule has 0 amide bonds. The fourth-order valence-corrected chi connectivity index (χ4v) is 4.64. The lowest BCUT2D eigenvalue weighted by atomic mass is 10.1. The van der Waals surface area contributed by atoms with Crippen LogP contribution in [0.25, 0.3) is 22.4 Å². The number of ether oxygens (including phenoxy) is 1. The van der Waals surface area contributed by atoms with E-state index >= 15 is 0 Å². The minimum absolute atomic E-state index is 0.418. The number of anilines is 1. The van der Waals surface area contributed by atoms with Gasteiger partial charge in [-0.15, -0.1) is 0 Å². The maximum Gasteiger partial charge on any atom is 0.164 e. The van der Waals surface area contributed by atoms with Gasteiger partial charge in [-0.05, 0) is 51.4 Å². The highest BCUT2D eigenvalue weighted by atomic mass is 16.5. The maximum absolute atomic E-state index is 5.60. The quantitative estimate of drug-likeness (QED) is 0.538. The standard InChI is InChI=1S/C25H35N7O/c1-26-11-12-30(2)17-18-5-4-6-19(15-18)23-28-24(31(3)20-9-13-33-14-10-20)22-16-27-32(21-7-8-21)25(22)29-23/h4-6,15-16,20-21,26H,7-14,17H2,1-3H3. The van der Waals surface area contributed by atoms with E-state index in [2.05, 4.69) is 58.2 Å². The minimum atomic E-state index is 0.418. The van der Waals surface area contributed by atoms with Crippen molar-refractivity contribution < 1.29 is 4.74 Å². The summed E-state index contributed by atoms with van der Waals surface area (Å²) in [5.41, 5.74) is 3.28. The number of hydrogen-bond acceptors (Lipinski definition) is 7. The Bertz CT molecular complexity index is 1090. The zero-order chi connectivity index (χ0) is 22.8. The summed E-state index contributed by atoms with van der Waals surface area (Å²) in [6, 6.07) is 9.53. The molecule has 0 spiro atoms. The Morgan fingerprint density at radius 1 is 1.12 bits per heavy atom. The van der Waals surface area contributed by atoms with Crippen molar-refractivity contribution in [3.05, 3.63) is 36.0 Å². The second kappa shape index (κ2) is 9.75. The third-order valence-corrected chi connectivity index (χ3v) is 6.78. The normalized spacial score (nSPS) is 17.2. The van der Waals surface area contributed by atoms with E-state index in [-0.39, 0.29) is 0 Å². The van der Waals surface area contributed by atoms with Gasteiger partial charge < -0.3 is 19.9 Å². The van der Waals surface area contributed by atoms with E-state index in [9.17, 15) is 0 Å². The van der Waals surface area contributed by atoms with Gasteiger partial charge >= 0.3 is 0 Å². The van der Waals surface area contributed by atoms with Crippen molar-refractivity contribution in [1.82, 2.24) is 30.0 Å². The smallest absolute Gasteiger partial charge is 0.164 e. The van der Waals surface area contributed by atoms with Crippen molar-refractivity contribution in [3.8, 4) is 11.4 Å². The van der Waals surface area contributed by atoms with Crippen LogP contribution in [-0.4, -0.2) is 78.1 Å². The van der Waals surface area contributed by atoms with Crippen molar-refractivity contribution in [2.45, 2.75) is 44.3 Å². The zero-order valence-electron chi connectivity index (χ0n) is 20.0. The molecule has 1 saturated heterocycles. The van der Waals surface area contributed by atoms with E-state index in [0.29, 0.717) is 12.1 Å². The van der Waals surface area contributed by atoms with E-state index in [1.165, 1.54) is 18.4 Å². The fourth-order valence-electron chi connectivity index (χ4n) is 4.64. The van der Waals surface area contributed by atoms with E-state index in [1.807, 2.05) is 13.2 Å². The van der Waals surface area contributed by atoms with Crippen LogP contribution in [0.1, 0.15) is 37.3 Å². The lowest BCUT2D eigenvalue weighted by Crippen LogP contribution is -2.37. The summed E-state index contributed by atoms with van der Waals surface area (Å²) in [7, 11) is 6.30. The Morgan fingerprint density at radius 3 is 2.70 bits per heavy atom. The molecule has 0 atom stereocenters. The molecule has 8 nitrogen and oxygen atoms in total. The molecule has 0 bridgehead atoms. The Morgan fingerprint density at radius 2 is 1.94 bits per heavy atom. The SMILES string of the molecule is CNCCN(C)Cc1cccc(-c2nc(N(C)C3CCOCC3)c3cnn(C4CC4)c3n2)c1. The van der Waals surface area contributed by atoms with Crippen LogP contribution in [0.3, 0.4) is 0 Å². The number of hydrogen-bond donors (Lipinski definition) is 1. The number of rotatable bonds is 9. The summed E-state index contributed by atoms with van der Waals surface area (Å²) in [5, 5.41) is 8.98. The summed E-state index contributed by atoms with van der Waals surface area (Å²) in [6.07, 6.45) is 6.34. The molecule has 5 rings (SSSR count). The number of nitrogens with zero attached hydrogens (tertiary/aromatic N) is 6. The molecule has 2 fully saturated rings. The van der Waals surface area contributed by atoms with Gasteiger partial charge in [0, 0.05) is 51.5 Å². The molecule has 1 aliphatic heterocycles. The van der Waals surface area contributed by atoms with Crippen LogP contribution >= 0.6 is 0 Å². The number of benzene rings is 1. The zero-order valence-corrected chi connectivity index (χ0v) is 20.0. The third-order valence-electron chi connectivity index (χ3n) is 6.78. The molecule has 1 saturated carbocycles. The van der Waals surface area contributed by atoms with E-state index in [1.54, 1.807) is 0 Å². The first kappa shape index (κ1) is 22.3. The molecule has 8 heteroatoms. The molecular weight excluding hydrogens is 414 g/mol. The molecule has 2 aromatic heterocycles. The topological polar surface area (TPSA) is 71.3 Å². The summed E-state index contributed by atoms with van der Waals surface area (Å²) >= 11 is 0. The van der Waals surface area contributed by atoms with Crippen molar-refractivity contribution in [3.63, 3.8) is 0 Å². The second-order valence-electron chi connectivity index (χ2n) is 9.42. The molecule has 1 aliphatic carbocycles. The molecule has 3 heterocycles. The number of nitrogens with one attached hydrogen (secondary N) is 1. The first-order chi connectivity index (χ1) is 16.1. The molecule has 1 aromatic carbocycles. The highest BCUT2D eigenvalue weighted by molar-refractivity contribution is 5.89. The Labute approximate surface area is 195 Å². The van der Waals surface area contributed by atoms with Gasteiger partial charge in [-0.3, -0.25) is 0 Å². The summed E-state index contributed by atoms with van der Waals surface area (Å²) < 4.78 is 7.70. The Hall–Kier alpha value is -2.55. The van der Waals surface area contributed by atoms with Gasteiger partial charge in [-0.1, -0.05) is 18.2 Å². The third kappa shape index (κ3) is 4.88. The molecule has 3 aromatic rings. The number of likely N-dealkylation sites (N-methyl/N-ethyl adjacent to an activating group) is 2. The van der Waals surface area contributed by atoms with Gasteiger partial charge in [0.05, 0.1) is 17.6 Å². The van der Waals surface area contributed by atoms with Crippen LogP contribution in [0.2, 0.25) is 0 Å². The lowest BCUT2D eigenvalue weighted by Gasteiger charge is -2.32. The molecule has 176 valence electrons. The molecular formula is C25H35N7O. The van der Waals surface area contributed by atoms with Gasteiger partial charge in [0.1, 0.15) is 5.82 Å². The first-order valence-corrected chi connectivity index (χ1v) is 12.1. The summed E-state index contributed by atoms with van der Waals surface area (Å²) in [4.78, 5) is 14.8. The van der Waals surface area contributed by atoms with Crippen LogP contribution in [0.5, 0.6) is 0 Å². The summed E-state index contributed by atoms with van der Waals surface area (Å²) in [6.45, 7) is 4.49. The summed E-state index contributed by atoms with van der Waals surface area (Å²) in [5.74, 6) is 1.75. The van der Waals surface area contributed by atoms with E-state index < -0.39 is 0 Å². The highest BCUT2D eigenvalue weighted by Crippen LogP contribution is 2.38. The first-order valence-electron chi connectivity index (χ1n) is 12.1. The number of fused-ring (bicyclic) bond motifs is 1. The molecule has 1 N–H and O–H groups in total. The average molecular weight is 450 g/mol. The average Bonchev–Trinajstić information content (AvgIpc) is 3.61. The lowest BCUT2D eigenvalue weighted by molar-refractivity contribution is 0.0854. The van der Waals surface area contributed by atoms with E-state index in [4.69, 9.17) is 19.8 Å². The predicted molar refractivity (Wildman–Crippen MR) is 132 cm³/mol. The van der Waals surface area contributed by atoms with Gasteiger partial charge in [0.25, 0.3) is 0 Å². The predicted octanol–water partition coefficient (Wildman–Crippen LogP) is 3.09. The van der Waals surface area contributed by atoms with Gasteiger partial charge in [0.2, 0.25) is 0 Å². The minimum Gasteiger partial charge on any atom is -0.381 e. The van der Waals surface area contributed by atoms with Gasteiger partial charge in [0.15, 0.2) is 11.5 Å². The molecule has 33 heavy (non-hydrogen) atoms. The second-order valence-corrected chi connectivity index (χ2v) is 9.42. The Balaban J connectivity index is 1.51. The monoisotopic (exact) mass is 449 g/mol. The fraction of sp³-hybridized carbons (Fsp3) is 0.560. The Kier molecular flexibility index (Phi) is 6.57. The van der Waals surface area contributed by atoms with Gasteiger partial charge in [-0.2, -0.15) is 5.10 Å². The van der Waals surface area contributed by atoms with Crippen molar-refractivity contribution in [2.24, 2.45) is 0 Å². The van der Waals surface area contributed by atoms with Crippen molar-refractivity contribution >= 4 is 16.9 Å². The van der Waals surface area contributed by atoms with Crippen molar-refractivity contribution in [1.29, 1.82) is 0 Å².